The van der Waals surface area contributed by atoms with Crippen LogP contribution in [0.3, 0.4) is 0 Å². The van der Waals surface area contributed by atoms with Gasteiger partial charge in [0.15, 0.2) is 5.78 Å². The number of nitrogens with zero attached hydrogens (tertiary/aromatic N) is 2. The van der Waals surface area contributed by atoms with Crippen LogP contribution in [0.4, 0.5) is 0 Å². The number of nitrogens with one attached hydrogen (secondary N) is 3. The third-order valence-electron chi connectivity index (χ3n) is 7.29. The normalized spacial score (nSPS) is 11.0. The average Bonchev–Trinajstić information content (AvgIpc) is 3.45. The van der Waals surface area contributed by atoms with E-state index in [2.05, 4.69) is 20.8 Å². The number of hydrogen-bond acceptors (Lipinski definition) is 5. The standard InChI is InChI=1S/C35H41N5O4/c1-24(2)22-40(32(42)21-37-35(44)28-11-9-10-25(3)20-28)23-29(41)12-5-4-8-19-36-34(43)27-17-15-26(16-18-27)33-30-13-6-7-14-31(30)38-39-33/h6-7,9-11,13-18,20,24H,4-5,8,12,19,21-23H2,1-3H3,(H,36,43)(H,37,44)(H,38,39). The Morgan fingerprint density at radius 3 is 2.34 bits per heavy atom. The Bertz CT molecular complexity index is 1590. The predicted octanol–water partition coefficient (Wildman–Crippen LogP) is 5.31. The lowest BCUT2D eigenvalue weighted by Crippen LogP contribution is -2.44. The van der Waals surface area contributed by atoms with E-state index < -0.39 is 0 Å². The number of aromatic nitrogens is 2. The Morgan fingerprint density at radius 2 is 1.59 bits per heavy atom. The van der Waals surface area contributed by atoms with Crippen LogP contribution < -0.4 is 10.6 Å². The molecule has 0 aliphatic rings. The highest BCUT2D eigenvalue weighted by Crippen LogP contribution is 2.26. The zero-order valence-corrected chi connectivity index (χ0v) is 25.7. The SMILES string of the molecule is Cc1cccc(C(=O)NCC(=O)N(CC(=O)CCCCCNC(=O)c2ccc(-c3n[nH]c4ccccc34)cc2)CC(C)C)c1. The molecule has 0 fully saturated rings. The predicted molar refractivity (Wildman–Crippen MR) is 172 cm³/mol. The number of para-hydroxylation sites is 1. The van der Waals surface area contributed by atoms with Crippen LogP contribution in [0.25, 0.3) is 22.2 Å². The van der Waals surface area contributed by atoms with Gasteiger partial charge in [-0.2, -0.15) is 5.10 Å². The molecule has 9 heteroatoms. The molecule has 0 saturated heterocycles. The van der Waals surface area contributed by atoms with Gasteiger partial charge in [-0.15, -0.1) is 0 Å². The Morgan fingerprint density at radius 1 is 0.841 bits per heavy atom. The van der Waals surface area contributed by atoms with Crippen molar-refractivity contribution in [1.29, 1.82) is 0 Å². The van der Waals surface area contributed by atoms with Gasteiger partial charge in [0.05, 0.1) is 24.3 Å². The smallest absolute Gasteiger partial charge is 0.251 e. The topological polar surface area (TPSA) is 124 Å². The molecule has 0 bridgehead atoms. The second kappa shape index (κ2) is 15.6. The van der Waals surface area contributed by atoms with Gasteiger partial charge in [0.1, 0.15) is 0 Å². The van der Waals surface area contributed by atoms with Crippen LogP contribution in [-0.4, -0.2) is 64.8 Å². The highest BCUT2D eigenvalue weighted by molar-refractivity contribution is 5.97. The van der Waals surface area contributed by atoms with E-state index in [1.54, 1.807) is 30.3 Å². The fourth-order valence-electron chi connectivity index (χ4n) is 5.03. The number of Topliss-reactive ketones (excluding diaryl/α,β-unsaturated/α-hetero) is 1. The van der Waals surface area contributed by atoms with E-state index in [1.807, 2.05) is 63.2 Å². The van der Waals surface area contributed by atoms with Gasteiger partial charge in [-0.1, -0.05) is 68.3 Å². The molecule has 1 aromatic heterocycles. The minimum atomic E-state index is -0.315. The van der Waals surface area contributed by atoms with Crippen LogP contribution >= 0.6 is 0 Å². The maximum absolute atomic E-state index is 12.9. The lowest BCUT2D eigenvalue weighted by Gasteiger charge is -2.24. The molecule has 0 saturated carbocycles. The second-order valence-corrected chi connectivity index (χ2v) is 11.5. The number of aryl methyl sites for hydroxylation is 1. The molecule has 1 heterocycles. The number of carbonyl (C=O) groups excluding carboxylic acids is 4. The Hall–Kier alpha value is -4.79. The molecule has 230 valence electrons. The van der Waals surface area contributed by atoms with Crippen LogP contribution in [0.2, 0.25) is 0 Å². The highest BCUT2D eigenvalue weighted by Gasteiger charge is 2.19. The molecule has 0 radical (unpaired) electrons. The maximum Gasteiger partial charge on any atom is 0.251 e. The molecule has 4 aromatic rings. The summed E-state index contributed by atoms with van der Waals surface area (Å²) < 4.78 is 0. The zero-order chi connectivity index (χ0) is 31.5. The van der Waals surface area contributed by atoms with Crippen LogP contribution in [0.5, 0.6) is 0 Å². The fourth-order valence-corrected chi connectivity index (χ4v) is 5.03. The van der Waals surface area contributed by atoms with Crippen molar-refractivity contribution in [2.45, 2.75) is 46.5 Å². The van der Waals surface area contributed by atoms with Crippen molar-refractivity contribution in [2.75, 3.05) is 26.2 Å². The van der Waals surface area contributed by atoms with Crippen molar-refractivity contribution in [2.24, 2.45) is 5.92 Å². The molecule has 4 rings (SSSR count). The van der Waals surface area contributed by atoms with Gasteiger partial charge in [0, 0.05) is 41.6 Å². The van der Waals surface area contributed by atoms with Crippen LogP contribution in [-0.2, 0) is 9.59 Å². The van der Waals surface area contributed by atoms with Crippen molar-refractivity contribution < 1.29 is 19.2 Å². The summed E-state index contributed by atoms with van der Waals surface area (Å²) in [5.41, 5.74) is 4.79. The first-order chi connectivity index (χ1) is 21.2. The van der Waals surface area contributed by atoms with Crippen LogP contribution in [0.15, 0.2) is 72.8 Å². The van der Waals surface area contributed by atoms with E-state index >= 15 is 0 Å². The van der Waals surface area contributed by atoms with Gasteiger partial charge in [0.2, 0.25) is 5.91 Å². The largest absolute Gasteiger partial charge is 0.352 e. The molecule has 0 aliphatic carbocycles. The molecule has 0 atom stereocenters. The van der Waals surface area contributed by atoms with Crippen molar-refractivity contribution in [3.63, 3.8) is 0 Å². The lowest BCUT2D eigenvalue weighted by molar-refractivity contribution is -0.135. The number of aromatic amines is 1. The molecule has 3 amide bonds. The van der Waals surface area contributed by atoms with Crippen molar-refractivity contribution in [1.82, 2.24) is 25.7 Å². The van der Waals surface area contributed by atoms with Gasteiger partial charge in [0.25, 0.3) is 11.8 Å². The van der Waals surface area contributed by atoms with Gasteiger partial charge in [-0.3, -0.25) is 24.3 Å². The minimum absolute atomic E-state index is 0.0159. The average molecular weight is 596 g/mol. The summed E-state index contributed by atoms with van der Waals surface area (Å²) in [5, 5.41) is 14.1. The summed E-state index contributed by atoms with van der Waals surface area (Å²) in [6.07, 6.45) is 2.56. The van der Waals surface area contributed by atoms with E-state index in [0.29, 0.717) is 37.1 Å². The first-order valence-electron chi connectivity index (χ1n) is 15.2. The quantitative estimate of drug-likeness (QED) is 0.161. The third kappa shape index (κ3) is 9.10. The Balaban J connectivity index is 1.15. The van der Waals surface area contributed by atoms with E-state index in [-0.39, 0.29) is 42.5 Å². The summed E-state index contributed by atoms with van der Waals surface area (Å²) in [7, 11) is 0. The van der Waals surface area contributed by atoms with E-state index in [4.69, 9.17) is 0 Å². The summed E-state index contributed by atoms with van der Waals surface area (Å²) >= 11 is 0. The van der Waals surface area contributed by atoms with Crippen molar-refractivity contribution >= 4 is 34.4 Å². The molecule has 3 aromatic carbocycles. The molecule has 44 heavy (non-hydrogen) atoms. The lowest BCUT2D eigenvalue weighted by atomic mass is 10.1. The van der Waals surface area contributed by atoms with E-state index in [0.717, 1.165) is 40.6 Å². The summed E-state index contributed by atoms with van der Waals surface area (Å²) in [5.74, 6) is -0.565. The van der Waals surface area contributed by atoms with Crippen LogP contribution in [0, 0.1) is 12.8 Å². The fraction of sp³-hybridized carbons (Fsp3) is 0.343. The molecule has 0 unspecified atom stereocenters. The summed E-state index contributed by atoms with van der Waals surface area (Å²) in [4.78, 5) is 52.1. The monoisotopic (exact) mass is 595 g/mol. The molecule has 9 nitrogen and oxygen atoms in total. The second-order valence-electron chi connectivity index (χ2n) is 11.5. The number of benzene rings is 3. The number of rotatable bonds is 15. The molecule has 0 aliphatic heterocycles. The number of carbonyl (C=O) groups is 4. The maximum atomic E-state index is 12.9. The Kier molecular flexibility index (Phi) is 11.4. The summed E-state index contributed by atoms with van der Waals surface area (Å²) in [6.45, 7) is 6.69. The molecular weight excluding hydrogens is 554 g/mol. The van der Waals surface area contributed by atoms with Crippen LogP contribution in [0.1, 0.15) is 65.8 Å². The number of unbranched alkanes of at least 4 members (excludes halogenated alkanes) is 2. The highest BCUT2D eigenvalue weighted by atomic mass is 16.2. The number of fused-ring (bicyclic) bond motifs is 1. The molecular formula is C35H41N5O4. The number of H-pyrrole nitrogens is 1. The Labute approximate surface area is 258 Å². The molecule has 0 spiro atoms. The van der Waals surface area contributed by atoms with E-state index in [9.17, 15) is 19.2 Å². The van der Waals surface area contributed by atoms with Gasteiger partial charge >= 0.3 is 0 Å². The van der Waals surface area contributed by atoms with Gasteiger partial charge < -0.3 is 15.5 Å². The van der Waals surface area contributed by atoms with Crippen molar-refractivity contribution in [3.05, 3.63) is 89.5 Å². The van der Waals surface area contributed by atoms with E-state index in [1.165, 1.54) is 4.90 Å². The van der Waals surface area contributed by atoms with Gasteiger partial charge in [-0.25, -0.2) is 0 Å². The third-order valence-corrected chi connectivity index (χ3v) is 7.29. The first kappa shape index (κ1) is 32.1. The van der Waals surface area contributed by atoms with Crippen molar-refractivity contribution in [3.8, 4) is 11.3 Å². The van der Waals surface area contributed by atoms with Gasteiger partial charge in [-0.05, 0) is 56.0 Å². The number of ketones is 1. The zero-order valence-electron chi connectivity index (χ0n) is 25.7. The molecule has 3 N–H and O–H groups in total. The first-order valence-corrected chi connectivity index (χ1v) is 15.2. The number of amides is 3. The number of hydrogen-bond donors (Lipinski definition) is 3. The summed E-state index contributed by atoms with van der Waals surface area (Å²) in [6, 6.07) is 22.5. The minimum Gasteiger partial charge on any atom is -0.352 e.